The minimum absolute atomic E-state index is 0.0810. The first kappa shape index (κ1) is 22.7. The molecule has 0 spiro atoms. The average Bonchev–Trinajstić information content (AvgIpc) is 2.76. The predicted octanol–water partition coefficient (Wildman–Crippen LogP) is 0.595. The number of carbonyl (C=O) groups is 2. The molecule has 0 aromatic heterocycles. The number of nitrogens with zero attached hydrogens (tertiary/aromatic N) is 1. The van der Waals surface area contributed by atoms with Crippen LogP contribution in [0.25, 0.3) is 0 Å². The lowest BCUT2D eigenvalue weighted by Gasteiger charge is -2.31. The van der Waals surface area contributed by atoms with Gasteiger partial charge < -0.3 is 25.8 Å². The van der Waals surface area contributed by atoms with Crippen molar-refractivity contribution in [1.29, 1.82) is 0 Å². The molecule has 2 rings (SSSR count). The molecule has 30 heavy (non-hydrogen) atoms. The van der Waals surface area contributed by atoms with Crippen molar-refractivity contribution in [2.24, 2.45) is 0 Å². The largest absolute Gasteiger partial charge is 0.459 e. The fourth-order valence-electron chi connectivity index (χ4n) is 2.66. The highest BCUT2D eigenvalue weighted by Crippen LogP contribution is 2.16. The number of hydrogen-bond donors (Lipinski definition) is 3. The van der Waals surface area contributed by atoms with Gasteiger partial charge in [0.1, 0.15) is 13.2 Å². The van der Waals surface area contributed by atoms with Crippen molar-refractivity contribution in [3.05, 3.63) is 59.7 Å². The second kappa shape index (κ2) is 10.3. The zero-order valence-corrected chi connectivity index (χ0v) is 16.9. The van der Waals surface area contributed by atoms with Crippen LogP contribution >= 0.6 is 0 Å². The van der Waals surface area contributed by atoms with E-state index in [9.17, 15) is 14.4 Å². The standard InChI is InChI=1S/C21H25N4O5/c1-24-21(13-25(2)14-26,19(27)29-11-15-3-7-17(22)8-4-15)20(28)30-12-16-5-9-18(23)10-6-16/h3-10,24H,11-13,22-23H2,1-2H3. The molecule has 5 N–H and O–H groups in total. The van der Waals surface area contributed by atoms with Gasteiger partial charge >= 0.3 is 18.3 Å². The van der Waals surface area contributed by atoms with Gasteiger partial charge in [-0.2, -0.15) is 0 Å². The van der Waals surface area contributed by atoms with E-state index in [-0.39, 0.29) is 19.8 Å². The van der Waals surface area contributed by atoms with Crippen molar-refractivity contribution >= 4 is 29.7 Å². The van der Waals surface area contributed by atoms with Crippen LogP contribution in [-0.2, 0) is 37.1 Å². The van der Waals surface area contributed by atoms with Gasteiger partial charge in [0.15, 0.2) is 0 Å². The highest BCUT2D eigenvalue weighted by Gasteiger charge is 2.49. The molecule has 0 aliphatic rings. The molecule has 0 bridgehead atoms. The molecule has 9 heteroatoms. The van der Waals surface area contributed by atoms with Crippen molar-refractivity contribution in [1.82, 2.24) is 10.2 Å². The maximum absolute atomic E-state index is 12.9. The van der Waals surface area contributed by atoms with E-state index in [1.54, 1.807) is 54.9 Å². The maximum Gasteiger partial charge on any atom is 0.340 e. The second-order valence-corrected chi connectivity index (χ2v) is 6.74. The van der Waals surface area contributed by atoms with Gasteiger partial charge in [-0.25, -0.2) is 9.59 Å². The third-order valence-electron chi connectivity index (χ3n) is 4.45. The topological polar surface area (TPSA) is 137 Å². The number of likely N-dealkylation sites (N-methyl/N-ethyl adjacent to an activating group) is 2. The summed E-state index contributed by atoms with van der Waals surface area (Å²) in [5.74, 6) is -1.77. The Labute approximate surface area is 174 Å². The molecule has 9 nitrogen and oxygen atoms in total. The Morgan fingerprint density at radius 1 is 0.933 bits per heavy atom. The number of nitrogens with one attached hydrogen (secondary N) is 1. The first-order valence-corrected chi connectivity index (χ1v) is 9.12. The summed E-state index contributed by atoms with van der Waals surface area (Å²) in [4.78, 5) is 37.8. The van der Waals surface area contributed by atoms with Gasteiger partial charge in [-0.05, 0) is 42.4 Å². The molecule has 1 radical (unpaired) electrons. The molecule has 0 aliphatic carbocycles. The fraction of sp³-hybridized carbons (Fsp3) is 0.286. The van der Waals surface area contributed by atoms with Crippen molar-refractivity contribution in [3.63, 3.8) is 0 Å². The van der Waals surface area contributed by atoms with E-state index in [0.717, 1.165) is 4.90 Å². The first-order chi connectivity index (χ1) is 14.3. The molecular formula is C21H25N4O5. The molecule has 0 atom stereocenters. The first-order valence-electron chi connectivity index (χ1n) is 9.12. The number of benzene rings is 2. The zero-order chi connectivity index (χ0) is 22.1. The van der Waals surface area contributed by atoms with Crippen LogP contribution in [0.5, 0.6) is 0 Å². The van der Waals surface area contributed by atoms with Crippen molar-refractivity contribution in [2.75, 3.05) is 32.1 Å². The Hall–Kier alpha value is -3.59. The van der Waals surface area contributed by atoms with Crippen LogP contribution in [0, 0.1) is 0 Å². The summed E-state index contributed by atoms with van der Waals surface area (Å²) >= 11 is 0. The number of ether oxygens (including phenoxy) is 2. The second-order valence-electron chi connectivity index (χ2n) is 6.74. The lowest BCUT2D eigenvalue weighted by atomic mass is 9.99. The fourth-order valence-corrected chi connectivity index (χ4v) is 2.66. The summed E-state index contributed by atoms with van der Waals surface area (Å²) < 4.78 is 10.7. The average molecular weight is 413 g/mol. The summed E-state index contributed by atoms with van der Waals surface area (Å²) in [5.41, 5.74) is 11.9. The minimum atomic E-state index is -1.92. The molecule has 2 aromatic carbocycles. The SMILES string of the molecule is CNC(CN(C)[C]=O)(C(=O)OCc1ccc(N)cc1)C(=O)OCc1ccc(N)cc1. The van der Waals surface area contributed by atoms with Crippen LogP contribution in [-0.4, -0.2) is 49.4 Å². The Balaban J connectivity index is 2.16. The van der Waals surface area contributed by atoms with Crippen LogP contribution < -0.4 is 16.8 Å². The maximum atomic E-state index is 12.9. The molecular weight excluding hydrogens is 388 g/mol. The van der Waals surface area contributed by atoms with E-state index < -0.39 is 17.5 Å². The number of esters is 2. The number of amides is 1. The van der Waals surface area contributed by atoms with E-state index in [4.69, 9.17) is 20.9 Å². The predicted molar refractivity (Wildman–Crippen MR) is 111 cm³/mol. The normalized spacial score (nSPS) is 10.9. The van der Waals surface area contributed by atoms with Crippen LogP contribution in [0.15, 0.2) is 48.5 Å². The van der Waals surface area contributed by atoms with E-state index in [1.807, 2.05) is 0 Å². The highest BCUT2D eigenvalue weighted by atomic mass is 16.6. The Morgan fingerprint density at radius 2 is 1.33 bits per heavy atom. The lowest BCUT2D eigenvalue weighted by Crippen LogP contribution is -2.63. The molecule has 0 saturated carbocycles. The minimum Gasteiger partial charge on any atom is -0.459 e. The van der Waals surface area contributed by atoms with Crippen LogP contribution in [0.3, 0.4) is 0 Å². The van der Waals surface area contributed by atoms with E-state index in [1.165, 1.54) is 14.1 Å². The van der Waals surface area contributed by atoms with Crippen LogP contribution in [0.2, 0.25) is 0 Å². The number of nitrogen functional groups attached to an aromatic ring is 2. The van der Waals surface area contributed by atoms with Gasteiger partial charge in [0.05, 0.1) is 6.54 Å². The summed E-state index contributed by atoms with van der Waals surface area (Å²) in [7, 11) is 2.80. The number of carbonyl (C=O) groups excluding carboxylic acids is 3. The molecule has 0 unspecified atom stereocenters. The van der Waals surface area contributed by atoms with Gasteiger partial charge in [-0.3, -0.25) is 10.1 Å². The van der Waals surface area contributed by atoms with Crippen molar-refractivity contribution in [3.8, 4) is 0 Å². The summed E-state index contributed by atoms with van der Waals surface area (Å²) in [6, 6.07) is 13.5. The van der Waals surface area contributed by atoms with E-state index in [2.05, 4.69) is 5.32 Å². The third kappa shape index (κ3) is 5.71. The smallest absolute Gasteiger partial charge is 0.340 e. The Bertz CT molecular complexity index is 806. The van der Waals surface area contributed by atoms with Gasteiger partial charge in [0, 0.05) is 18.4 Å². The van der Waals surface area contributed by atoms with Gasteiger partial charge in [-0.1, -0.05) is 24.3 Å². The zero-order valence-electron chi connectivity index (χ0n) is 16.9. The lowest BCUT2D eigenvalue weighted by molar-refractivity contribution is -0.168. The summed E-state index contributed by atoms with van der Waals surface area (Å²) in [6.07, 6.45) is 1.62. The molecule has 0 aliphatic heterocycles. The highest BCUT2D eigenvalue weighted by molar-refractivity contribution is 6.05. The monoisotopic (exact) mass is 413 g/mol. The van der Waals surface area contributed by atoms with Crippen LogP contribution in [0.1, 0.15) is 11.1 Å². The van der Waals surface area contributed by atoms with E-state index >= 15 is 0 Å². The Kier molecular flexibility index (Phi) is 7.76. The number of hydrogen-bond acceptors (Lipinski definition) is 8. The van der Waals surface area contributed by atoms with Crippen molar-refractivity contribution in [2.45, 2.75) is 18.8 Å². The molecule has 0 heterocycles. The quantitative estimate of drug-likeness (QED) is 0.223. The van der Waals surface area contributed by atoms with Gasteiger partial charge in [-0.15, -0.1) is 0 Å². The molecule has 159 valence electrons. The molecule has 2 aromatic rings. The summed E-state index contributed by atoms with van der Waals surface area (Å²) in [5, 5.41) is 2.66. The van der Waals surface area contributed by atoms with Gasteiger partial charge in [0.2, 0.25) is 5.54 Å². The third-order valence-corrected chi connectivity index (χ3v) is 4.45. The molecule has 0 fully saturated rings. The molecule has 1 amide bonds. The van der Waals surface area contributed by atoms with E-state index in [0.29, 0.717) is 22.5 Å². The summed E-state index contributed by atoms with van der Waals surface area (Å²) in [6.45, 7) is -0.487. The number of nitrogens with two attached hydrogens (primary N) is 2. The number of rotatable bonds is 10. The van der Waals surface area contributed by atoms with Gasteiger partial charge in [0.25, 0.3) is 0 Å². The molecule has 0 saturated heterocycles. The number of anilines is 2. The van der Waals surface area contributed by atoms with Crippen LogP contribution in [0.4, 0.5) is 11.4 Å². The van der Waals surface area contributed by atoms with Crippen molar-refractivity contribution < 1.29 is 23.9 Å². The Morgan fingerprint density at radius 3 is 1.67 bits per heavy atom.